The van der Waals surface area contributed by atoms with Crippen molar-refractivity contribution in [2.24, 2.45) is 0 Å². The predicted molar refractivity (Wildman–Crippen MR) is 47.5 cm³/mol. The van der Waals surface area contributed by atoms with E-state index in [-0.39, 0.29) is 0 Å². The van der Waals surface area contributed by atoms with Gasteiger partial charge in [0.25, 0.3) is 0 Å². The quantitative estimate of drug-likeness (QED) is 0.585. The molecule has 0 aromatic carbocycles. The number of ether oxygens (including phenoxy) is 1. The molecule has 1 aromatic heterocycles. The second-order valence-corrected chi connectivity index (χ2v) is 3.37. The van der Waals surface area contributed by atoms with Crippen LogP contribution < -0.4 is 4.74 Å². The minimum Gasteiger partial charge on any atom is -0.492 e. The number of pyridine rings is 1. The Labute approximate surface area is 72.6 Å². The molecule has 0 bridgehead atoms. The van der Waals surface area contributed by atoms with Gasteiger partial charge in [-0.25, -0.2) is 0 Å². The fraction of sp³-hybridized carbons (Fsp3) is 0.500. The maximum absolute atomic E-state index is 5.49. The second kappa shape index (κ2) is 2.77. The summed E-state index contributed by atoms with van der Waals surface area (Å²) < 4.78 is 5.49. The minimum atomic E-state index is 0.550. The van der Waals surface area contributed by atoms with Gasteiger partial charge in [-0.1, -0.05) is 6.92 Å². The maximum atomic E-state index is 5.49. The number of aromatic nitrogens is 1. The number of nitrogens with zero attached hydrogens (tertiary/aromatic N) is 1. The highest BCUT2D eigenvalue weighted by molar-refractivity contribution is 5.33. The average Bonchev–Trinajstić information content (AvgIpc) is 2.07. The van der Waals surface area contributed by atoms with Gasteiger partial charge in [0, 0.05) is 11.6 Å². The van der Waals surface area contributed by atoms with E-state index in [1.54, 1.807) is 0 Å². The normalized spacial score (nSPS) is 21.3. The largest absolute Gasteiger partial charge is 0.492 e. The molecule has 2 heterocycles. The van der Waals surface area contributed by atoms with Crippen LogP contribution in [0.3, 0.4) is 0 Å². The summed E-state index contributed by atoms with van der Waals surface area (Å²) in [7, 11) is 0. The highest BCUT2D eigenvalue weighted by Crippen LogP contribution is 2.31. The van der Waals surface area contributed by atoms with Crippen LogP contribution in [0.15, 0.2) is 12.1 Å². The fourth-order valence-electron chi connectivity index (χ4n) is 1.52. The number of hydrogen-bond acceptors (Lipinski definition) is 2. The molecule has 2 rings (SSSR count). The van der Waals surface area contributed by atoms with Gasteiger partial charge in [-0.15, -0.1) is 0 Å². The van der Waals surface area contributed by atoms with Crippen LogP contribution in [0.1, 0.15) is 30.7 Å². The predicted octanol–water partition coefficient (Wildman–Crippen LogP) is 2.28. The summed E-state index contributed by atoms with van der Waals surface area (Å²) in [6.07, 6.45) is 1.09. The summed E-state index contributed by atoms with van der Waals surface area (Å²) in [6, 6.07) is 4.02. The van der Waals surface area contributed by atoms with Crippen LogP contribution in [0.4, 0.5) is 0 Å². The molecule has 0 saturated heterocycles. The van der Waals surface area contributed by atoms with Crippen molar-refractivity contribution in [3.8, 4) is 5.75 Å². The van der Waals surface area contributed by atoms with Crippen LogP contribution >= 0.6 is 0 Å². The van der Waals surface area contributed by atoms with Crippen molar-refractivity contribution >= 4 is 0 Å². The Kier molecular flexibility index (Phi) is 1.75. The summed E-state index contributed by atoms with van der Waals surface area (Å²) in [5, 5.41) is 0. The van der Waals surface area contributed by atoms with Crippen LogP contribution in [0.2, 0.25) is 0 Å². The molecule has 0 N–H and O–H groups in total. The summed E-state index contributed by atoms with van der Waals surface area (Å²) in [5.41, 5.74) is 2.20. The van der Waals surface area contributed by atoms with Crippen molar-refractivity contribution in [3.63, 3.8) is 0 Å². The van der Waals surface area contributed by atoms with Gasteiger partial charge in [-0.2, -0.15) is 0 Å². The van der Waals surface area contributed by atoms with Crippen molar-refractivity contribution in [3.05, 3.63) is 23.5 Å². The zero-order chi connectivity index (χ0) is 8.55. The Hall–Kier alpha value is -1.05. The van der Waals surface area contributed by atoms with Crippen LogP contribution in [-0.2, 0) is 0 Å². The van der Waals surface area contributed by atoms with Gasteiger partial charge in [0.15, 0.2) is 0 Å². The van der Waals surface area contributed by atoms with Crippen molar-refractivity contribution in [1.82, 2.24) is 4.98 Å². The van der Waals surface area contributed by atoms with Gasteiger partial charge in [-0.05, 0) is 25.5 Å². The van der Waals surface area contributed by atoms with E-state index < -0.39 is 0 Å². The van der Waals surface area contributed by atoms with E-state index in [1.165, 1.54) is 0 Å². The summed E-state index contributed by atoms with van der Waals surface area (Å²) in [5.74, 6) is 1.52. The van der Waals surface area contributed by atoms with Crippen LogP contribution in [0, 0.1) is 6.92 Å². The standard InChI is InChI=1S/C10H13NO/c1-7-5-6-12-9-4-3-8(2)11-10(7)9/h3-4,7H,5-6H2,1-2H3. The van der Waals surface area contributed by atoms with Crippen LogP contribution in [-0.4, -0.2) is 11.6 Å². The zero-order valence-electron chi connectivity index (χ0n) is 7.50. The van der Waals surface area contributed by atoms with Crippen molar-refractivity contribution in [1.29, 1.82) is 0 Å². The molecule has 1 aliphatic rings. The SMILES string of the molecule is Cc1ccc2c(n1)C(C)CCO2. The third-order valence-electron chi connectivity index (χ3n) is 2.30. The molecule has 64 valence electrons. The summed E-state index contributed by atoms with van der Waals surface area (Å²) in [4.78, 5) is 4.47. The third-order valence-corrected chi connectivity index (χ3v) is 2.30. The Morgan fingerprint density at radius 2 is 2.33 bits per heavy atom. The topological polar surface area (TPSA) is 22.1 Å². The monoisotopic (exact) mass is 163 g/mol. The highest BCUT2D eigenvalue weighted by atomic mass is 16.5. The molecule has 0 saturated carbocycles. The molecular weight excluding hydrogens is 150 g/mol. The van der Waals surface area contributed by atoms with E-state index in [1.807, 2.05) is 19.1 Å². The third kappa shape index (κ3) is 1.17. The number of rotatable bonds is 0. The van der Waals surface area contributed by atoms with Gasteiger partial charge in [0.2, 0.25) is 0 Å². The van der Waals surface area contributed by atoms with Gasteiger partial charge < -0.3 is 4.74 Å². The van der Waals surface area contributed by atoms with E-state index >= 15 is 0 Å². The lowest BCUT2D eigenvalue weighted by atomic mass is 10.0. The zero-order valence-corrected chi connectivity index (χ0v) is 7.50. The van der Waals surface area contributed by atoms with Gasteiger partial charge in [0.1, 0.15) is 5.75 Å². The van der Waals surface area contributed by atoms with E-state index in [4.69, 9.17) is 4.74 Å². The van der Waals surface area contributed by atoms with Crippen molar-refractivity contribution in [2.75, 3.05) is 6.61 Å². The van der Waals surface area contributed by atoms with Crippen LogP contribution in [0.5, 0.6) is 5.75 Å². The second-order valence-electron chi connectivity index (χ2n) is 3.37. The first-order valence-electron chi connectivity index (χ1n) is 4.37. The molecule has 1 unspecified atom stereocenters. The first-order valence-corrected chi connectivity index (χ1v) is 4.37. The molecule has 0 fully saturated rings. The molecule has 1 aromatic rings. The van der Waals surface area contributed by atoms with Gasteiger partial charge >= 0.3 is 0 Å². The number of fused-ring (bicyclic) bond motifs is 1. The summed E-state index contributed by atoms with van der Waals surface area (Å²) >= 11 is 0. The lowest BCUT2D eigenvalue weighted by Gasteiger charge is -2.21. The highest BCUT2D eigenvalue weighted by Gasteiger charge is 2.18. The molecular formula is C10H13NO. The molecule has 0 radical (unpaired) electrons. The van der Waals surface area contributed by atoms with E-state index in [0.29, 0.717) is 5.92 Å². The Balaban J connectivity index is 2.47. The Morgan fingerprint density at radius 3 is 3.17 bits per heavy atom. The molecule has 0 amide bonds. The minimum absolute atomic E-state index is 0.550. The first-order chi connectivity index (χ1) is 5.77. The lowest BCUT2D eigenvalue weighted by Crippen LogP contribution is -2.13. The Bertz CT molecular complexity index is 296. The van der Waals surface area contributed by atoms with E-state index in [2.05, 4.69) is 11.9 Å². The molecule has 12 heavy (non-hydrogen) atoms. The fourth-order valence-corrected chi connectivity index (χ4v) is 1.52. The number of hydrogen-bond donors (Lipinski definition) is 0. The maximum Gasteiger partial charge on any atom is 0.141 e. The molecule has 0 spiro atoms. The molecule has 0 aliphatic carbocycles. The van der Waals surface area contributed by atoms with Crippen molar-refractivity contribution < 1.29 is 4.74 Å². The van der Waals surface area contributed by atoms with E-state index in [9.17, 15) is 0 Å². The average molecular weight is 163 g/mol. The molecule has 1 aliphatic heterocycles. The first kappa shape index (κ1) is 7.59. The molecule has 1 atom stereocenters. The summed E-state index contributed by atoms with van der Waals surface area (Å²) in [6.45, 7) is 5.05. The van der Waals surface area contributed by atoms with Crippen molar-refractivity contribution in [2.45, 2.75) is 26.2 Å². The Morgan fingerprint density at radius 1 is 1.50 bits per heavy atom. The smallest absolute Gasteiger partial charge is 0.141 e. The molecule has 2 nitrogen and oxygen atoms in total. The number of aryl methyl sites for hydroxylation is 1. The lowest BCUT2D eigenvalue weighted by molar-refractivity contribution is 0.268. The van der Waals surface area contributed by atoms with E-state index in [0.717, 1.165) is 30.2 Å². The molecule has 2 heteroatoms. The van der Waals surface area contributed by atoms with Gasteiger partial charge in [0.05, 0.1) is 12.3 Å². The van der Waals surface area contributed by atoms with Gasteiger partial charge in [-0.3, -0.25) is 4.98 Å². The van der Waals surface area contributed by atoms with Crippen LogP contribution in [0.25, 0.3) is 0 Å².